The predicted molar refractivity (Wildman–Crippen MR) is 124 cm³/mol. The maximum atomic E-state index is 12.8. The zero-order valence-corrected chi connectivity index (χ0v) is 19.6. The van der Waals surface area contributed by atoms with Crippen LogP contribution in [-0.2, 0) is 27.9 Å². The van der Waals surface area contributed by atoms with Crippen molar-refractivity contribution >= 4 is 29.2 Å². The Morgan fingerprint density at radius 1 is 1.18 bits per heavy atom. The summed E-state index contributed by atoms with van der Waals surface area (Å²) in [4.78, 5) is 64.2. The van der Waals surface area contributed by atoms with Gasteiger partial charge in [0, 0.05) is 26.6 Å². The van der Waals surface area contributed by atoms with Crippen LogP contribution in [0.15, 0.2) is 33.9 Å². The van der Waals surface area contributed by atoms with Crippen molar-refractivity contribution in [1.82, 2.24) is 9.13 Å². The van der Waals surface area contributed by atoms with E-state index in [1.54, 1.807) is 24.3 Å². The lowest BCUT2D eigenvalue weighted by atomic mass is 10.1. The summed E-state index contributed by atoms with van der Waals surface area (Å²) in [5.41, 5.74) is 4.62. The normalized spacial score (nSPS) is 15.6. The first kappa shape index (κ1) is 24.7. The number of esters is 1. The van der Waals surface area contributed by atoms with Crippen LogP contribution in [-0.4, -0.2) is 47.1 Å². The number of nitrogen functional groups attached to an aromatic ring is 1. The molecule has 3 rings (SSSR count). The molecule has 2 aromatic rings. The van der Waals surface area contributed by atoms with Crippen LogP contribution < -0.4 is 26.6 Å². The van der Waals surface area contributed by atoms with Crippen molar-refractivity contribution in [2.24, 2.45) is 18.9 Å². The second-order valence-electron chi connectivity index (χ2n) is 8.52. The molecular formula is C23H28N4O7. The van der Waals surface area contributed by atoms with E-state index < -0.39 is 41.1 Å². The molecule has 0 saturated carbocycles. The number of Topliss-reactive ketones (excluding diaryl/α,β-unsaturated/α-hetero) is 1. The van der Waals surface area contributed by atoms with Crippen molar-refractivity contribution in [3.63, 3.8) is 0 Å². The second-order valence-corrected chi connectivity index (χ2v) is 8.52. The summed E-state index contributed by atoms with van der Waals surface area (Å²) in [5.74, 6) is -2.38. The largest absolute Gasteiger partial charge is 0.495 e. The molecule has 0 spiro atoms. The molecule has 1 aromatic heterocycles. The van der Waals surface area contributed by atoms with Gasteiger partial charge in [0.2, 0.25) is 11.7 Å². The Hall–Kier alpha value is -3.89. The van der Waals surface area contributed by atoms with Crippen molar-refractivity contribution in [2.45, 2.75) is 26.8 Å². The molecule has 182 valence electrons. The van der Waals surface area contributed by atoms with E-state index in [0.717, 1.165) is 9.13 Å². The monoisotopic (exact) mass is 472 g/mol. The minimum absolute atomic E-state index is 0.0318. The van der Waals surface area contributed by atoms with Gasteiger partial charge in [-0.25, -0.2) is 4.79 Å². The number of nitrogens with two attached hydrogens (primary N) is 1. The molecule has 1 unspecified atom stereocenters. The molecule has 11 heteroatoms. The molecule has 34 heavy (non-hydrogen) atoms. The molecule has 1 amide bonds. The van der Waals surface area contributed by atoms with E-state index in [1.807, 2.05) is 13.8 Å². The summed E-state index contributed by atoms with van der Waals surface area (Å²) in [6.45, 7) is 3.25. The van der Waals surface area contributed by atoms with Crippen LogP contribution in [0, 0.1) is 11.8 Å². The third-order valence-corrected chi connectivity index (χ3v) is 5.59. The first-order valence-electron chi connectivity index (χ1n) is 10.8. The third-order valence-electron chi connectivity index (χ3n) is 5.59. The van der Waals surface area contributed by atoms with Gasteiger partial charge in [0.15, 0.2) is 6.61 Å². The highest BCUT2D eigenvalue weighted by atomic mass is 16.5. The van der Waals surface area contributed by atoms with Gasteiger partial charge < -0.3 is 20.1 Å². The summed E-state index contributed by atoms with van der Waals surface area (Å²) < 4.78 is 12.4. The molecular weight excluding hydrogens is 444 g/mol. The van der Waals surface area contributed by atoms with E-state index in [2.05, 4.69) is 0 Å². The summed E-state index contributed by atoms with van der Waals surface area (Å²) in [6.07, 6.45) is -0.0890. The van der Waals surface area contributed by atoms with Crippen molar-refractivity contribution in [2.75, 3.05) is 30.9 Å². The van der Waals surface area contributed by atoms with Crippen molar-refractivity contribution < 1.29 is 23.9 Å². The maximum absolute atomic E-state index is 12.8. The van der Waals surface area contributed by atoms with Crippen molar-refractivity contribution in [3.8, 4) is 5.75 Å². The van der Waals surface area contributed by atoms with Crippen LogP contribution in [0.5, 0.6) is 5.75 Å². The summed E-state index contributed by atoms with van der Waals surface area (Å²) in [5, 5.41) is 0. The lowest BCUT2D eigenvalue weighted by molar-refractivity contribution is -0.147. The van der Waals surface area contributed by atoms with Gasteiger partial charge in [-0.2, -0.15) is 0 Å². The summed E-state index contributed by atoms with van der Waals surface area (Å²) in [6, 6.07) is 6.93. The van der Waals surface area contributed by atoms with Gasteiger partial charge in [-0.15, -0.1) is 0 Å². The van der Waals surface area contributed by atoms with E-state index in [4.69, 9.17) is 15.2 Å². The van der Waals surface area contributed by atoms with Gasteiger partial charge in [-0.05, 0) is 18.1 Å². The predicted octanol–water partition coefficient (Wildman–Crippen LogP) is 0.573. The van der Waals surface area contributed by atoms with Crippen LogP contribution in [0.25, 0.3) is 0 Å². The standard InChI is InChI=1S/C23H28N4O7/c1-13(2)10-27-20(24)19(21(30)25(3)23(27)32)16(28)12-34-22(31)14-9-18(29)26(11-14)15-7-5-6-8-17(15)33-4/h5-8,13-14H,9-12,24H2,1-4H3. The SMILES string of the molecule is COc1ccccc1N1CC(C(=O)OCC(=O)c2c(N)n(CC(C)C)c(=O)n(C)c2=O)CC1=O. The fourth-order valence-corrected chi connectivity index (χ4v) is 3.86. The smallest absolute Gasteiger partial charge is 0.332 e. The molecule has 1 saturated heterocycles. The number of aromatic nitrogens is 2. The molecule has 1 aliphatic heterocycles. The first-order valence-corrected chi connectivity index (χ1v) is 10.8. The lowest BCUT2D eigenvalue weighted by Crippen LogP contribution is -2.43. The summed E-state index contributed by atoms with van der Waals surface area (Å²) >= 11 is 0. The quantitative estimate of drug-likeness (QED) is 0.434. The average Bonchev–Trinajstić information content (AvgIpc) is 3.20. The van der Waals surface area contributed by atoms with Crippen molar-refractivity contribution in [1.29, 1.82) is 0 Å². The molecule has 0 aliphatic carbocycles. The number of nitrogens with zero attached hydrogens (tertiary/aromatic N) is 3. The average molecular weight is 472 g/mol. The van der Waals surface area contributed by atoms with Crippen LogP contribution in [0.1, 0.15) is 30.6 Å². The summed E-state index contributed by atoms with van der Waals surface area (Å²) in [7, 11) is 2.73. The molecule has 2 N–H and O–H groups in total. The zero-order valence-electron chi connectivity index (χ0n) is 19.6. The van der Waals surface area contributed by atoms with E-state index >= 15 is 0 Å². The van der Waals surface area contributed by atoms with E-state index in [-0.39, 0.29) is 37.2 Å². The molecule has 1 atom stereocenters. The number of carbonyl (C=O) groups excluding carboxylic acids is 3. The molecule has 0 bridgehead atoms. The molecule has 11 nitrogen and oxygen atoms in total. The Labute approximate surface area is 195 Å². The van der Waals surface area contributed by atoms with Crippen molar-refractivity contribution in [3.05, 3.63) is 50.7 Å². The number of hydrogen-bond acceptors (Lipinski definition) is 8. The number of hydrogen-bond donors (Lipinski definition) is 1. The van der Waals surface area contributed by atoms with Gasteiger partial charge in [0.25, 0.3) is 5.56 Å². The van der Waals surface area contributed by atoms with Gasteiger partial charge in [-0.1, -0.05) is 26.0 Å². The minimum atomic E-state index is -0.859. The maximum Gasteiger partial charge on any atom is 0.332 e. The Kier molecular flexibility index (Phi) is 7.23. The topological polar surface area (TPSA) is 143 Å². The molecule has 2 heterocycles. The van der Waals surface area contributed by atoms with Crippen LogP contribution >= 0.6 is 0 Å². The fraction of sp³-hybridized carbons (Fsp3) is 0.435. The highest BCUT2D eigenvalue weighted by Gasteiger charge is 2.37. The Balaban J connectivity index is 1.74. The number of anilines is 2. The van der Waals surface area contributed by atoms with E-state index in [9.17, 15) is 24.0 Å². The number of ketones is 1. The molecule has 1 fully saturated rings. The highest BCUT2D eigenvalue weighted by Crippen LogP contribution is 2.33. The number of methoxy groups -OCH3 is 1. The van der Waals surface area contributed by atoms with Crippen LogP contribution in [0.4, 0.5) is 11.5 Å². The van der Waals surface area contributed by atoms with E-state index in [0.29, 0.717) is 11.4 Å². The number of benzene rings is 1. The first-order chi connectivity index (χ1) is 16.1. The van der Waals surface area contributed by atoms with Gasteiger partial charge in [0.05, 0.1) is 18.7 Å². The highest BCUT2D eigenvalue weighted by molar-refractivity contribution is 6.03. The second kappa shape index (κ2) is 9.94. The van der Waals surface area contributed by atoms with Crippen LogP contribution in [0.2, 0.25) is 0 Å². The minimum Gasteiger partial charge on any atom is -0.495 e. The Morgan fingerprint density at radius 3 is 2.50 bits per heavy atom. The Bertz CT molecular complexity index is 1240. The molecule has 0 radical (unpaired) electrons. The lowest BCUT2D eigenvalue weighted by Gasteiger charge is -2.19. The molecule has 1 aliphatic rings. The molecule has 1 aromatic carbocycles. The number of carbonyl (C=O) groups is 3. The van der Waals surface area contributed by atoms with Gasteiger partial charge >= 0.3 is 11.7 Å². The third kappa shape index (κ3) is 4.73. The number of amides is 1. The van der Waals surface area contributed by atoms with Gasteiger partial charge in [0.1, 0.15) is 17.1 Å². The Morgan fingerprint density at radius 2 is 1.85 bits per heavy atom. The van der Waals surface area contributed by atoms with Crippen LogP contribution in [0.3, 0.4) is 0 Å². The van der Waals surface area contributed by atoms with E-state index in [1.165, 1.54) is 19.1 Å². The number of para-hydroxylation sites is 2. The number of ether oxygens (including phenoxy) is 2. The zero-order chi connectivity index (χ0) is 25.2. The van der Waals surface area contributed by atoms with Gasteiger partial charge in [-0.3, -0.25) is 28.3 Å². The fourth-order valence-electron chi connectivity index (χ4n) is 3.86. The number of rotatable bonds is 8.